The van der Waals surface area contributed by atoms with Gasteiger partial charge in [-0.2, -0.15) is 5.10 Å². The molecule has 0 aliphatic carbocycles. The topological polar surface area (TPSA) is 139 Å². The van der Waals surface area contributed by atoms with E-state index in [1.54, 1.807) is 17.9 Å². The van der Waals surface area contributed by atoms with Crippen LogP contribution in [0.3, 0.4) is 0 Å². The highest BCUT2D eigenvalue weighted by Gasteiger charge is 2.22. The van der Waals surface area contributed by atoms with Crippen molar-refractivity contribution in [3.05, 3.63) is 17.5 Å². The number of hydrogen-bond acceptors (Lipinski definition) is 4. The van der Waals surface area contributed by atoms with Gasteiger partial charge >= 0.3 is 12.0 Å². The van der Waals surface area contributed by atoms with Crippen molar-refractivity contribution in [3.63, 3.8) is 0 Å². The molecule has 0 spiro atoms. The lowest BCUT2D eigenvalue weighted by Gasteiger charge is -2.13. The van der Waals surface area contributed by atoms with Crippen molar-refractivity contribution in [2.45, 2.75) is 32.4 Å². The molecule has 0 aromatic carbocycles. The molecule has 0 aliphatic heterocycles. The smallest absolute Gasteiger partial charge is 0.326 e. The van der Waals surface area contributed by atoms with Gasteiger partial charge in [-0.25, -0.2) is 9.59 Å². The number of nitrogens with zero attached hydrogens (tertiary/aromatic N) is 2. The average molecular weight is 297 g/mol. The molecule has 0 saturated heterocycles. The third kappa shape index (κ3) is 5.13. The van der Waals surface area contributed by atoms with Crippen LogP contribution < -0.4 is 16.4 Å². The molecule has 1 aromatic heterocycles. The highest BCUT2D eigenvalue weighted by atomic mass is 16.4. The van der Waals surface area contributed by atoms with E-state index in [2.05, 4.69) is 15.7 Å². The van der Waals surface area contributed by atoms with E-state index in [1.807, 2.05) is 6.92 Å². The maximum Gasteiger partial charge on any atom is 0.326 e. The van der Waals surface area contributed by atoms with Crippen molar-refractivity contribution >= 4 is 17.9 Å². The number of carboxylic acid groups (broad SMARTS) is 1. The van der Waals surface area contributed by atoms with E-state index in [-0.39, 0.29) is 6.54 Å². The first-order valence-corrected chi connectivity index (χ1v) is 6.40. The molecule has 1 rings (SSSR count). The monoisotopic (exact) mass is 297 g/mol. The van der Waals surface area contributed by atoms with Gasteiger partial charge in [-0.3, -0.25) is 9.48 Å². The maximum atomic E-state index is 11.7. The van der Waals surface area contributed by atoms with Gasteiger partial charge in [-0.15, -0.1) is 0 Å². The molecule has 1 atom stereocenters. The predicted molar refractivity (Wildman–Crippen MR) is 73.2 cm³/mol. The van der Waals surface area contributed by atoms with Crippen LogP contribution in [-0.2, 0) is 29.6 Å². The van der Waals surface area contributed by atoms with E-state index < -0.39 is 30.4 Å². The number of aliphatic carboxylic acids is 1. The Labute approximate surface area is 121 Å². The second kappa shape index (κ2) is 7.27. The van der Waals surface area contributed by atoms with E-state index in [9.17, 15) is 14.4 Å². The molecule has 116 valence electrons. The molecule has 0 aliphatic rings. The normalized spacial score (nSPS) is 11.7. The number of nitrogens with one attached hydrogen (secondary N) is 2. The van der Waals surface area contributed by atoms with Gasteiger partial charge in [-0.05, 0) is 6.42 Å². The summed E-state index contributed by atoms with van der Waals surface area (Å²) in [5.74, 6) is -2.12. The van der Waals surface area contributed by atoms with Crippen molar-refractivity contribution in [2.24, 2.45) is 12.8 Å². The zero-order valence-electron chi connectivity index (χ0n) is 11.9. The van der Waals surface area contributed by atoms with Crippen LogP contribution >= 0.6 is 0 Å². The molecular formula is C12H19N5O4. The highest BCUT2D eigenvalue weighted by molar-refractivity contribution is 5.87. The minimum absolute atomic E-state index is 0.214. The molecule has 21 heavy (non-hydrogen) atoms. The molecule has 1 aromatic rings. The minimum atomic E-state index is -1.35. The largest absolute Gasteiger partial charge is 0.480 e. The number of nitrogens with two attached hydrogens (primary N) is 1. The number of hydrogen-bond donors (Lipinski definition) is 4. The lowest BCUT2D eigenvalue weighted by Crippen LogP contribution is -2.47. The Morgan fingerprint density at radius 2 is 2.14 bits per heavy atom. The lowest BCUT2D eigenvalue weighted by molar-refractivity contribution is -0.140. The molecular weight excluding hydrogens is 278 g/mol. The fraction of sp³-hybridized carbons (Fsp3) is 0.500. The number of primary amides is 1. The first kappa shape index (κ1) is 16.5. The summed E-state index contributed by atoms with van der Waals surface area (Å²) in [6.07, 6.45) is 2.03. The lowest BCUT2D eigenvalue weighted by atomic mass is 10.2. The Hall–Kier alpha value is -2.58. The summed E-state index contributed by atoms with van der Waals surface area (Å²) < 4.78 is 1.64. The van der Waals surface area contributed by atoms with Gasteiger partial charge in [0.2, 0.25) is 5.91 Å². The first-order chi connectivity index (χ1) is 9.83. The number of aryl methyl sites for hydroxylation is 2. The summed E-state index contributed by atoms with van der Waals surface area (Å²) in [4.78, 5) is 33.3. The number of carbonyl (C=O) groups is 3. The Balaban J connectivity index is 2.56. The van der Waals surface area contributed by atoms with Gasteiger partial charge in [0.05, 0.1) is 12.1 Å². The third-order valence-corrected chi connectivity index (χ3v) is 2.77. The average Bonchev–Trinajstić information content (AvgIpc) is 2.75. The fourth-order valence-corrected chi connectivity index (χ4v) is 1.82. The Kier molecular flexibility index (Phi) is 5.70. The van der Waals surface area contributed by atoms with Crippen molar-refractivity contribution in [1.82, 2.24) is 20.4 Å². The van der Waals surface area contributed by atoms with Crippen molar-refractivity contribution in [2.75, 3.05) is 0 Å². The second-order valence-electron chi connectivity index (χ2n) is 4.52. The van der Waals surface area contributed by atoms with E-state index in [1.165, 1.54) is 0 Å². The van der Waals surface area contributed by atoms with Gasteiger partial charge in [0, 0.05) is 25.4 Å². The van der Waals surface area contributed by atoms with Gasteiger partial charge in [0.1, 0.15) is 6.04 Å². The van der Waals surface area contributed by atoms with E-state index in [4.69, 9.17) is 10.8 Å². The quantitative estimate of drug-likeness (QED) is 0.517. The van der Waals surface area contributed by atoms with Gasteiger partial charge < -0.3 is 21.5 Å². The van der Waals surface area contributed by atoms with Crippen molar-refractivity contribution in [1.29, 1.82) is 0 Å². The molecule has 1 heterocycles. The van der Waals surface area contributed by atoms with Crippen LogP contribution in [0.25, 0.3) is 0 Å². The number of amides is 3. The molecule has 0 fully saturated rings. The summed E-state index contributed by atoms with van der Waals surface area (Å²) in [6.45, 7) is 2.16. The molecule has 3 amide bonds. The maximum absolute atomic E-state index is 11.7. The summed E-state index contributed by atoms with van der Waals surface area (Å²) >= 11 is 0. The van der Waals surface area contributed by atoms with E-state index >= 15 is 0 Å². The van der Waals surface area contributed by atoms with E-state index in [0.29, 0.717) is 0 Å². The second-order valence-corrected chi connectivity index (χ2v) is 4.52. The van der Waals surface area contributed by atoms with Gasteiger partial charge in [0.25, 0.3) is 0 Å². The molecule has 9 nitrogen and oxygen atoms in total. The van der Waals surface area contributed by atoms with Gasteiger partial charge in [-0.1, -0.05) is 6.92 Å². The van der Waals surface area contributed by atoms with Gasteiger partial charge in [0.15, 0.2) is 0 Å². The summed E-state index contributed by atoms with van der Waals surface area (Å²) in [5.41, 5.74) is 6.62. The SMILES string of the molecule is CCc1nn(C)cc1CNC(=O)N[C@@H](CC(N)=O)C(=O)O. The van der Waals surface area contributed by atoms with Crippen LogP contribution in [0.2, 0.25) is 0 Å². The van der Waals surface area contributed by atoms with Crippen LogP contribution in [0.5, 0.6) is 0 Å². The first-order valence-electron chi connectivity index (χ1n) is 6.40. The zero-order valence-corrected chi connectivity index (χ0v) is 11.9. The molecule has 0 unspecified atom stereocenters. The number of aromatic nitrogens is 2. The number of rotatable bonds is 7. The van der Waals surface area contributed by atoms with Crippen LogP contribution in [0, 0.1) is 0 Å². The van der Waals surface area contributed by atoms with Crippen LogP contribution in [-0.4, -0.2) is 38.8 Å². The molecule has 0 bridgehead atoms. The van der Waals surface area contributed by atoms with E-state index in [0.717, 1.165) is 17.7 Å². The fourth-order valence-electron chi connectivity index (χ4n) is 1.82. The number of urea groups is 1. The Morgan fingerprint density at radius 3 is 2.67 bits per heavy atom. The van der Waals surface area contributed by atoms with Crippen LogP contribution in [0.4, 0.5) is 4.79 Å². The van der Waals surface area contributed by atoms with Crippen LogP contribution in [0.15, 0.2) is 6.20 Å². The number of carbonyl (C=O) groups excluding carboxylic acids is 2. The van der Waals surface area contributed by atoms with Crippen LogP contribution in [0.1, 0.15) is 24.6 Å². The summed E-state index contributed by atoms with van der Waals surface area (Å²) in [5, 5.41) is 17.8. The number of carboxylic acids is 1. The Morgan fingerprint density at radius 1 is 1.48 bits per heavy atom. The Bertz CT molecular complexity index is 540. The molecule has 5 N–H and O–H groups in total. The summed E-state index contributed by atoms with van der Waals surface area (Å²) in [6, 6.07) is -2.03. The predicted octanol–water partition coefficient (Wildman–Crippen LogP) is -0.890. The van der Waals surface area contributed by atoms with Crippen molar-refractivity contribution < 1.29 is 19.5 Å². The highest BCUT2D eigenvalue weighted by Crippen LogP contribution is 2.06. The molecule has 0 saturated carbocycles. The minimum Gasteiger partial charge on any atom is -0.480 e. The molecule has 0 radical (unpaired) electrons. The van der Waals surface area contributed by atoms with Crippen molar-refractivity contribution in [3.8, 4) is 0 Å². The standard InChI is InChI=1S/C12H19N5O4/c1-3-8-7(6-17(2)16-8)5-14-12(21)15-9(11(19)20)4-10(13)18/h6,9H,3-5H2,1-2H3,(H2,13,18)(H,19,20)(H2,14,15,21)/t9-/m0/s1. The molecule has 9 heteroatoms. The zero-order chi connectivity index (χ0) is 16.0. The third-order valence-electron chi connectivity index (χ3n) is 2.77. The summed E-state index contributed by atoms with van der Waals surface area (Å²) in [7, 11) is 1.77.